The van der Waals surface area contributed by atoms with E-state index in [1.54, 1.807) is 0 Å². The first-order chi connectivity index (χ1) is 9.28. The Morgan fingerprint density at radius 1 is 1.30 bits per heavy atom. The maximum absolute atomic E-state index is 13.6. The molecule has 2 aromatic rings. The van der Waals surface area contributed by atoms with E-state index in [4.69, 9.17) is 5.73 Å². The minimum Gasteiger partial charge on any atom is -0.398 e. The first kappa shape index (κ1) is 14.2. The second kappa shape index (κ2) is 5.06. The third-order valence-electron chi connectivity index (χ3n) is 2.78. The Morgan fingerprint density at radius 3 is 2.60 bits per heavy atom. The molecule has 0 spiro atoms. The molecule has 1 heterocycles. The number of aromatic nitrogens is 4. The fraction of sp³-hybridized carbons (Fsp3) is 0.364. The first-order valence-electron chi connectivity index (χ1n) is 5.67. The molecule has 0 radical (unpaired) electrons. The van der Waals surface area contributed by atoms with Gasteiger partial charge in [0.25, 0.3) is 0 Å². The summed E-state index contributed by atoms with van der Waals surface area (Å²) in [5.41, 5.74) is 6.31. The van der Waals surface area contributed by atoms with Gasteiger partial charge in [0.15, 0.2) is 5.82 Å². The number of benzene rings is 1. The third-order valence-corrected chi connectivity index (χ3v) is 2.78. The molecule has 1 aromatic carbocycles. The summed E-state index contributed by atoms with van der Waals surface area (Å²) in [6.45, 7) is 1.06. The molecule has 0 saturated heterocycles. The van der Waals surface area contributed by atoms with Crippen LogP contribution in [-0.2, 0) is 6.54 Å². The van der Waals surface area contributed by atoms with Crippen LogP contribution in [0.1, 0.15) is 12.0 Å². The molecule has 0 amide bonds. The van der Waals surface area contributed by atoms with Gasteiger partial charge in [-0.3, -0.25) is 0 Å². The number of hydrogen-bond acceptors (Lipinski definition) is 4. The lowest BCUT2D eigenvalue weighted by atomic mass is 10.1. The number of alkyl halides is 3. The summed E-state index contributed by atoms with van der Waals surface area (Å²) in [4.78, 5) is 0. The summed E-state index contributed by atoms with van der Waals surface area (Å²) in [5.74, 6) is -0.523. The third kappa shape index (κ3) is 3.03. The van der Waals surface area contributed by atoms with E-state index in [1.807, 2.05) is 0 Å². The molecule has 2 rings (SSSR count). The van der Waals surface area contributed by atoms with Crippen LogP contribution in [0, 0.1) is 12.7 Å². The second-order valence-corrected chi connectivity index (χ2v) is 4.26. The molecular weight excluding hydrogens is 278 g/mol. The molecule has 0 aliphatic rings. The van der Waals surface area contributed by atoms with E-state index in [-0.39, 0.29) is 22.6 Å². The van der Waals surface area contributed by atoms with Gasteiger partial charge in [0.05, 0.1) is 13.0 Å². The molecule has 0 unspecified atom stereocenters. The summed E-state index contributed by atoms with van der Waals surface area (Å²) >= 11 is 0. The molecule has 108 valence electrons. The van der Waals surface area contributed by atoms with Crippen molar-refractivity contribution in [3.05, 3.63) is 23.5 Å². The van der Waals surface area contributed by atoms with Gasteiger partial charge < -0.3 is 5.73 Å². The average molecular weight is 289 g/mol. The molecule has 0 aliphatic carbocycles. The summed E-state index contributed by atoms with van der Waals surface area (Å²) in [5, 5.41) is 10.4. The van der Waals surface area contributed by atoms with Gasteiger partial charge in [-0.05, 0) is 29.5 Å². The number of nitrogens with zero attached hydrogens (tertiary/aromatic N) is 4. The molecular formula is C11H11F4N5. The molecule has 2 N–H and O–H groups in total. The van der Waals surface area contributed by atoms with Crippen molar-refractivity contribution < 1.29 is 17.6 Å². The number of rotatable bonds is 3. The van der Waals surface area contributed by atoms with E-state index in [9.17, 15) is 17.6 Å². The standard InChI is InChI=1S/C11H11F4N5/c1-6-8(12)4-7(5-9(6)16)10-17-18-19-20(10)3-2-11(13,14)15/h4-5H,2-3,16H2,1H3. The maximum Gasteiger partial charge on any atom is 0.390 e. The molecule has 0 fully saturated rings. The van der Waals surface area contributed by atoms with E-state index in [0.29, 0.717) is 0 Å². The van der Waals surface area contributed by atoms with E-state index in [2.05, 4.69) is 15.5 Å². The van der Waals surface area contributed by atoms with E-state index >= 15 is 0 Å². The van der Waals surface area contributed by atoms with Gasteiger partial charge >= 0.3 is 6.18 Å². The van der Waals surface area contributed by atoms with Gasteiger partial charge in [0.2, 0.25) is 0 Å². The van der Waals surface area contributed by atoms with Crippen LogP contribution >= 0.6 is 0 Å². The maximum atomic E-state index is 13.6. The molecule has 0 aliphatic heterocycles. The summed E-state index contributed by atoms with van der Waals surface area (Å²) < 4.78 is 51.2. The fourth-order valence-corrected chi connectivity index (χ4v) is 1.62. The van der Waals surface area contributed by atoms with Crippen molar-refractivity contribution in [2.24, 2.45) is 0 Å². The minimum atomic E-state index is -4.32. The van der Waals surface area contributed by atoms with Gasteiger partial charge in [-0.1, -0.05) is 0 Å². The summed E-state index contributed by atoms with van der Waals surface area (Å²) in [7, 11) is 0. The van der Waals surface area contributed by atoms with Gasteiger partial charge in [0.1, 0.15) is 5.82 Å². The minimum absolute atomic E-state index is 0.0415. The lowest BCUT2D eigenvalue weighted by Gasteiger charge is -2.09. The molecule has 9 heteroatoms. The Morgan fingerprint density at radius 2 is 2.00 bits per heavy atom. The number of aryl methyl sites for hydroxylation is 1. The Kier molecular flexibility index (Phi) is 3.60. The Labute approximate surface area is 111 Å². The number of anilines is 1. The highest BCUT2D eigenvalue weighted by Crippen LogP contribution is 2.26. The van der Waals surface area contributed by atoms with Gasteiger partial charge in [-0.15, -0.1) is 5.10 Å². The molecule has 20 heavy (non-hydrogen) atoms. The van der Waals surface area contributed by atoms with Crippen LogP contribution in [0.25, 0.3) is 11.4 Å². The molecule has 0 saturated carbocycles. The number of nitrogens with two attached hydrogens (primary N) is 1. The Bertz CT molecular complexity index is 597. The smallest absolute Gasteiger partial charge is 0.390 e. The second-order valence-electron chi connectivity index (χ2n) is 4.26. The highest BCUT2D eigenvalue weighted by molar-refractivity contribution is 5.63. The normalized spacial score (nSPS) is 11.8. The van der Waals surface area contributed by atoms with Crippen LogP contribution < -0.4 is 5.73 Å². The quantitative estimate of drug-likeness (QED) is 0.695. The largest absolute Gasteiger partial charge is 0.398 e. The van der Waals surface area contributed by atoms with Crippen molar-refractivity contribution in [2.75, 3.05) is 5.73 Å². The zero-order valence-corrected chi connectivity index (χ0v) is 10.4. The van der Waals surface area contributed by atoms with Gasteiger partial charge in [0, 0.05) is 16.8 Å². The predicted molar refractivity (Wildman–Crippen MR) is 63.0 cm³/mol. The van der Waals surface area contributed by atoms with Crippen molar-refractivity contribution in [2.45, 2.75) is 26.1 Å². The van der Waals surface area contributed by atoms with Gasteiger partial charge in [-0.25, -0.2) is 9.07 Å². The van der Waals surface area contributed by atoms with Crippen LogP contribution in [0.3, 0.4) is 0 Å². The summed E-state index contributed by atoms with van der Waals surface area (Å²) in [6, 6.07) is 2.57. The molecule has 5 nitrogen and oxygen atoms in total. The lowest BCUT2D eigenvalue weighted by Crippen LogP contribution is -2.14. The van der Waals surface area contributed by atoms with Crippen molar-refractivity contribution in [3.8, 4) is 11.4 Å². The highest BCUT2D eigenvalue weighted by atomic mass is 19.4. The predicted octanol–water partition coefficient (Wildman–Crippen LogP) is 2.32. The van der Waals surface area contributed by atoms with Crippen LogP contribution in [0.2, 0.25) is 0 Å². The fourth-order valence-electron chi connectivity index (χ4n) is 1.62. The van der Waals surface area contributed by atoms with Crippen LogP contribution in [0.4, 0.5) is 23.2 Å². The van der Waals surface area contributed by atoms with Crippen LogP contribution in [0.15, 0.2) is 12.1 Å². The summed E-state index contributed by atoms with van der Waals surface area (Å²) in [6.07, 6.45) is -5.39. The number of halogens is 4. The van der Waals surface area contributed by atoms with Gasteiger partial charge in [-0.2, -0.15) is 13.2 Å². The van der Waals surface area contributed by atoms with Crippen molar-refractivity contribution >= 4 is 5.69 Å². The topological polar surface area (TPSA) is 69.6 Å². The van der Waals surface area contributed by atoms with E-state index < -0.39 is 25.0 Å². The SMILES string of the molecule is Cc1c(N)cc(-c2nnnn2CCC(F)(F)F)cc1F. The molecule has 0 atom stereocenters. The van der Waals surface area contributed by atoms with Crippen molar-refractivity contribution in [1.82, 2.24) is 20.2 Å². The van der Waals surface area contributed by atoms with Crippen molar-refractivity contribution in [3.63, 3.8) is 0 Å². The Hall–Kier alpha value is -2.19. The zero-order chi connectivity index (χ0) is 14.9. The van der Waals surface area contributed by atoms with Crippen molar-refractivity contribution in [1.29, 1.82) is 0 Å². The van der Waals surface area contributed by atoms with Crippen LogP contribution in [0.5, 0.6) is 0 Å². The highest BCUT2D eigenvalue weighted by Gasteiger charge is 2.27. The number of tetrazole rings is 1. The van der Waals surface area contributed by atoms with E-state index in [0.717, 1.165) is 10.7 Å². The first-order valence-corrected chi connectivity index (χ1v) is 5.67. The monoisotopic (exact) mass is 289 g/mol. The lowest BCUT2D eigenvalue weighted by molar-refractivity contribution is -0.137. The Balaban J connectivity index is 2.33. The number of nitrogen functional groups attached to an aromatic ring is 1. The molecule has 1 aromatic heterocycles. The van der Waals surface area contributed by atoms with E-state index in [1.165, 1.54) is 13.0 Å². The zero-order valence-electron chi connectivity index (χ0n) is 10.4. The average Bonchev–Trinajstić information content (AvgIpc) is 2.80. The molecule has 0 bridgehead atoms. The number of hydrogen-bond donors (Lipinski definition) is 1. The van der Waals surface area contributed by atoms with Crippen LogP contribution in [-0.4, -0.2) is 26.4 Å².